The molecule has 2 heterocycles. The van der Waals surface area contributed by atoms with Crippen LogP contribution in [0.25, 0.3) is 11.2 Å². The lowest BCUT2D eigenvalue weighted by Crippen LogP contribution is -2.12. The molecule has 2 rings (SSSR count). The highest BCUT2D eigenvalue weighted by Gasteiger charge is 2.11. The van der Waals surface area contributed by atoms with Crippen molar-refractivity contribution in [3.8, 4) is 0 Å². The van der Waals surface area contributed by atoms with E-state index in [1.165, 1.54) is 0 Å². The number of aromatic nitrogens is 3. The van der Waals surface area contributed by atoms with E-state index in [1.807, 2.05) is 19.2 Å². The number of hydrogen-bond acceptors (Lipinski definition) is 5. The van der Waals surface area contributed by atoms with E-state index in [2.05, 4.69) is 26.5 Å². The summed E-state index contributed by atoms with van der Waals surface area (Å²) in [5.41, 5.74) is 7.71. The Labute approximate surface area is 105 Å². The Morgan fingerprint density at radius 3 is 3.00 bits per heavy atom. The van der Waals surface area contributed by atoms with Crippen LogP contribution in [0.15, 0.2) is 12.1 Å². The third-order valence-electron chi connectivity index (χ3n) is 2.60. The fourth-order valence-corrected chi connectivity index (χ4v) is 2.10. The van der Waals surface area contributed by atoms with Gasteiger partial charge in [-0.3, -0.25) is 0 Å². The SMILES string of the molecule is CNc1ccc2[nH]c(C(N)CCSC)nc2n1. The molecule has 0 bridgehead atoms. The summed E-state index contributed by atoms with van der Waals surface area (Å²) in [5.74, 6) is 2.66. The topological polar surface area (TPSA) is 79.6 Å². The van der Waals surface area contributed by atoms with E-state index in [0.29, 0.717) is 5.65 Å². The van der Waals surface area contributed by atoms with E-state index >= 15 is 0 Å². The monoisotopic (exact) mass is 251 g/mol. The van der Waals surface area contributed by atoms with Gasteiger partial charge >= 0.3 is 0 Å². The minimum absolute atomic E-state index is 0.0466. The van der Waals surface area contributed by atoms with Crippen LogP contribution in [-0.4, -0.2) is 34.0 Å². The van der Waals surface area contributed by atoms with Crippen molar-refractivity contribution in [3.05, 3.63) is 18.0 Å². The predicted octanol–water partition coefficient (Wildman–Crippen LogP) is 1.75. The molecule has 5 nitrogen and oxygen atoms in total. The zero-order valence-electron chi connectivity index (χ0n) is 10.0. The van der Waals surface area contributed by atoms with Gasteiger partial charge in [-0.15, -0.1) is 0 Å². The Morgan fingerprint density at radius 2 is 2.29 bits per heavy atom. The van der Waals surface area contributed by atoms with E-state index in [1.54, 1.807) is 11.8 Å². The summed E-state index contributed by atoms with van der Waals surface area (Å²) in [6, 6.07) is 3.83. The number of hydrogen-bond donors (Lipinski definition) is 3. The van der Waals surface area contributed by atoms with Gasteiger partial charge < -0.3 is 16.0 Å². The van der Waals surface area contributed by atoms with Crippen LogP contribution in [-0.2, 0) is 0 Å². The predicted molar refractivity (Wildman–Crippen MR) is 73.4 cm³/mol. The number of H-pyrrole nitrogens is 1. The molecule has 2 aromatic rings. The maximum atomic E-state index is 6.06. The number of thioether (sulfide) groups is 1. The van der Waals surface area contributed by atoms with Crippen molar-refractivity contribution in [1.29, 1.82) is 0 Å². The lowest BCUT2D eigenvalue weighted by molar-refractivity contribution is 0.666. The molecule has 0 aliphatic rings. The highest BCUT2D eigenvalue weighted by molar-refractivity contribution is 7.98. The fourth-order valence-electron chi connectivity index (χ4n) is 1.61. The standard InChI is InChI=1S/C11H17N5S/c1-13-9-4-3-8-11(15-9)16-10(14-8)7(12)5-6-17-2/h3-4,7H,5-6,12H2,1-2H3,(H2,13,14,15,16). The first-order valence-electron chi connectivity index (χ1n) is 5.53. The molecule has 0 aliphatic carbocycles. The van der Waals surface area contributed by atoms with Crippen molar-refractivity contribution in [3.63, 3.8) is 0 Å². The van der Waals surface area contributed by atoms with Crippen LogP contribution < -0.4 is 11.1 Å². The first-order chi connectivity index (χ1) is 8.24. The molecule has 0 aromatic carbocycles. The molecule has 6 heteroatoms. The zero-order chi connectivity index (χ0) is 12.3. The van der Waals surface area contributed by atoms with E-state index in [-0.39, 0.29) is 6.04 Å². The Bertz CT molecular complexity index is 496. The minimum Gasteiger partial charge on any atom is -0.373 e. The number of anilines is 1. The smallest absolute Gasteiger partial charge is 0.179 e. The van der Waals surface area contributed by atoms with Gasteiger partial charge in [0.05, 0.1) is 11.6 Å². The molecule has 1 unspecified atom stereocenters. The Morgan fingerprint density at radius 1 is 1.47 bits per heavy atom. The van der Waals surface area contributed by atoms with E-state index in [4.69, 9.17) is 5.73 Å². The molecule has 0 aliphatic heterocycles. The van der Waals surface area contributed by atoms with Crippen LogP contribution in [0.1, 0.15) is 18.3 Å². The summed E-state index contributed by atoms with van der Waals surface area (Å²) in [6.07, 6.45) is 2.99. The number of imidazole rings is 1. The fraction of sp³-hybridized carbons (Fsp3) is 0.455. The van der Waals surface area contributed by atoms with Gasteiger partial charge in [-0.05, 0) is 30.6 Å². The van der Waals surface area contributed by atoms with Crippen LogP contribution in [0.3, 0.4) is 0 Å². The van der Waals surface area contributed by atoms with E-state index in [0.717, 1.165) is 29.3 Å². The average molecular weight is 251 g/mol. The second kappa shape index (κ2) is 5.37. The van der Waals surface area contributed by atoms with Crippen LogP contribution in [0.4, 0.5) is 5.82 Å². The van der Waals surface area contributed by atoms with Crippen molar-refractivity contribution in [2.75, 3.05) is 24.4 Å². The van der Waals surface area contributed by atoms with Gasteiger partial charge in [0.2, 0.25) is 0 Å². The molecule has 0 saturated carbocycles. The molecule has 0 amide bonds. The Kier molecular flexibility index (Phi) is 3.86. The summed E-state index contributed by atoms with van der Waals surface area (Å²) >= 11 is 1.79. The van der Waals surface area contributed by atoms with Crippen molar-refractivity contribution in [1.82, 2.24) is 15.0 Å². The van der Waals surface area contributed by atoms with Gasteiger partial charge in [0.25, 0.3) is 0 Å². The maximum Gasteiger partial charge on any atom is 0.179 e. The van der Waals surface area contributed by atoms with E-state index in [9.17, 15) is 0 Å². The quantitative estimate of drug-likeness (QED) is 0.754. The molecular formula is C11H17N5S. The first kappa shape index (κ1) is 12.2. The van der Waals surface area contributed by atoms with Crippen LogP contribution in [0.5, 0.6) is 0 Å². The lowest BCUT2D eigenvalue weighted by atomic mass is 10.2. The second-order valence-electron chi connectivity index (χ2n) is 3.83. The average Bonchev–Trinajstić information content (AvgIpc) is 2.78. The molecule has 4 N–H and O–H groups in total. The second-order valence-corrected chi connectivity index (χ2v) is 4.81. The summed E-state index contributed by atoms with van der Waals surface area (Å²) in [5, 5.41) is 2.99. The van der Waals surface area contributed by atoms with Crippen LogP contribution >= 0.6 is 11.8 Å². The Hall–Kier alpha value is -1.27. The number of pyridine rings is 1. The zero-order valence-corrected chi connectivity index (χ0v) is 10.8. The summed E-state index contributed by atoms with van der Waals surface area (Å²) < 4.78 is 0. The highest BCUT2D eigenvalue weighted by atomic mass is 32.2. The molecule has 2 aromatic heterocycles. The molecular weight excluding hydrogens is 234 g/mol. The molecule has 0 saturated heterocycles. The molecule has 0 spiro atoms. The van der Waals surface area contributed by atoms with Crippen molar-refractivity contribution < 1.29 is 0 Å². The van der Waals surface area contributed by atoms with Crippen molar-refractivity contribution >= 4 is 28.7 Å². The largest absolute Gasteiger partial charge is 0.373 e. The minimum atomic E-state index is -0.0466. The first-order valence-corrected chi connectivity index (χ1v) is 6.93. The lowest BCUT2D eigenvalue weighted by Gasteiger charge is -2.06. The van der Waals surface area contributed by atoms with Crippen molar-refractivity contribution in [2.24, 2.45) is 5.73 Å². The summed E-state index contributed by atoms with van der Waals surface area (Å²) in [4.78, 5) is 12.0. The normalized spacial score (nSPS) is 12.9. The number of nitrogens with two attached hydrogens (primary N) is 1. The highest BCUT2D eigenvalue weighted by Crippen LogP contribution is 2.18. The number of aromatic amines is 1. The third-order valence-corrected chi connectivity index (χ3v) is 3.25. The number of rotatable bonds is 5. The molecule has 92 valence electrons. The van der Waals surface area contributed by atoms with Gasteiger partial charge in [0, 0.05) is 7.05 Å². The van der Waals surface area contributed by atoms with Crippen LogP contribution in [0, 0.1) is 0 Å². The number of fused-ring (bicyclic) bond motifs is 1. The number of nitrogens with one attached hydrogen (secondary N) is 2. The molecule has 17 heavy (non-hydrogen) atoms. The van der Waals surface area contributed by atoms with Gasteiger partial charge in [-0.1, -0.05) is 0 Å². The van der Waals surface area contributed by atoms with Gasteiger partial charge in [0.1, 0.15) is 11.6 Å². The van der Waals surface area contributed by atoms with Crippen LogP contribution in [0.2, 0.25) is 0 Å². The van der Waals surface area contributed by atoms with E-state index < -0.39 is 0 Å². The molecule has 0 fully saturated rings. The van der Waals surface area contributed by atoms with Gasteiger partial charge in [-0.25, -0.2) is 9.97 Å². The van der Waals surface area contributed by atoms with Gasteiger partial charge in [0.15, 0.2) is 5.65 Å². The Balaban J connectivity index is 2.24. The summed E-state index contributed by atoms with van der Waals surface area (Å²) in [7, 11) is 1.84. The summed E-state index contributed by atoms with van der Waals surface area (Å²) in [6.45, 7) is 0. The number of nitrogens with zero attached hydrogens (tertiary/aromatic N) is 2. The van der Waals surface area contributed by atoms with Gasteiger partial charge in [-0.2, -0.15) is 11.8 Å². The maximum absolute atomic E-state index is 6.06. The van der Waals surface area contributed by atoms with Crippen molar-refractivity contribution in [2.45, 2.75) is 12.5 Å². The molecule has 0 radical (unpaired) electrons. The molecule has 1 atom stereocenters. The third kappa shape index (κ3) is 2.70.